The molecular formula is C34H33IrN3O+. The van der Waals surface area contributed by atoms with Gasteiger partial charge in [0.15, 0.2) is 0 Å². The molecule has 5 heteroatoms. The number of nitrogens with zero attached hydrogens (tertiary/aromatic N) is 3. The number of rotatable bonds is 2. The Morgan fingerprint density at radius 1 is 0.923 bits per heavy atom. The van der Waals surface area contributed by atoms with Gasteiger partial charge in [0.25, 0.3) is 0 Å². The van der Waals surface area contributed by atoms with Crippen LogP contribution in [0.2, 0.25) is 0 Å². The van der Waals surface area contributed by atoms with Gasteiger partial charge in [0, 0.05) is 11.9 Å². The van der Waals surface area contributed by atoms with Gasteiger partial charge < -0.3 is 18.9 Å². The first kappa shape index (κ1) is 27.3. The van der Waals surface area contributed by atoms with Gasteiger partial charge in [-0.2, -0.15) is 12.1 Å². The van der Waals surface area contributed by atoms with Crippen LogP contribution in [0.5, 0.6) is 11.5 Å². The standard InChI is InChI=1S/C23H25N2O.C11H8N.Ir/c1-23(2,3)16-12-13-18-21(14-16)26-20-11-7-10-19-22(20)25(18)15-24(19)17-8-5-4-6-9-17;1-2-6-10(7-3-1)11-8-4-5-9-12-11;/h7,10-12,14,17H,4-6,8-9H2,1-3H3;1-6,8-9H;/q2*-1;+3. The smallest absolute Gasteiger partial charge is 0.527 e. The van der Waals surface area contributed by atoms with Crippen LogP contribution in [-0.2, 0) is 25.5 Å². The minimum atomic E-state index is 0. The minimum absolute atomic E-state index is 0. The molecule has 0 radical (unpaired) electrons. The van der Waals surface area contributed by atoms with E-state index < -0.39 is 0 Å². The van der Waals surface area contributed by atoms with Gasteiger partial charge in [-0.3, -0.25) is 0 Å². The number of aromatic nitrogens is 3. The molecule has 4 nitrogen and oxygen atoms in total. The Balaban J connectivity index is 0.000000200. The quantitative estimate of drug-likeness (QED) is 0.136. The van der Waals surface area contributed by atoms with E-state index in [9.17, 15) is 0 Å². The summed E-state index contributed by atoms with van der Waals surface area (Å²) in [5.41, 5.74) is 6.62. The number of hydrogen-bond acceptors (Lipinski definition) is 2. The summed E-state index contributed by atoms with van der Waals surface area (Å²) in [7, 11) is 0. The molecule has 0 atom stereocenters. The number of pyridine rings is 1. The van der Waals surface area contributed by atoms with E-state index in [1.807, 2.05) is 42.5 Å². The van der Waals surface area contributed by atoms with Crippen molar-refractivity contribution in [2.24, 2.45) is 0 Å². The van der Waals surface area contributed by atoms with Crippen LogP contribution < -0.4 is 9.30 Å². The third-order valence-electron chi connectivity index (χ3n) is 7.45. The van der Waals surface area contributed by atoms with Crippen molar-refractivity contribution in [3.8, 4) is 28.4 Å². The number of para-hydroxylation sites is 1. The Labute approximate surface area is 245 Å². The van der Waals surface area contributed by atoms with Gasteiger partial charge in [0.05, 0.1) is 17.1 Å². The van der Waals surface area contributed by atoms with Gasteiger partial charge in [0.1, 0.15) is 5.75 Å². The second-order valence-electron chi connectivity index (χ2n) is 11.2. The van der Waals surface area contributed by atoms with E-state index in [1.165, 1.54) is 43.2 Å². The molecule has 5 aromatic rings. The first-order valence-electron chi connectivity index (χ1n) is 13.6. The molecule has 1 aliphatic heterocycles. The summed E-state index contributed by atoms with van der Waals surface area (Å²) in [4.78, 5) is 4.22. The molecule has 0 bridgehead atoms. The molecule has 0 unspecified atom stereocenters. The molecule has 0 N–H and O–H groups in total. The minimum Gasteiger partial charge on any atom is -0.527 e. The number of fused-ring (bicyclic) bond motifs is 2. The first-order valence-corrected chi connectivity index (χ1v) is 13.6. The van der Waals surface area contributed by atoms with Crippen molar-refractivity contribution in [2.45, 2.75) is 64.3 Å². The SMILES string of the molecule is CC(C)(C)c1c[c-]c2c(c1)Oc1cccc3c1[n+]-2[c-]n3C1CCCCC1.[Ir+3].[c-]1ccccc1-c1ccccn1. The van der Waals surface area contributed by atoms with Crippen molar-refractivity contribution in [1.29, 1.82) is 0 Å². The maximum absolute atomic E-state index is 6.30. The van der Waals surface area contributed by atoms with E-state index in [1.54, 1.807) is 6.20 Å². The Hall–Kier alpha value is -3.27. The topological polar surface area (TPSA) is 30.9 Å². The van der Waals surface area contributed by atoms with Crippen LogP contribution >= 0.6 is 0 Å². The molecule has 0 amide bonds. The van der Waals surface area contributed by atoms with E-state index in [0.717, 1.165) is 34.0 Å². The molecule has 2 aromatic heterocycles. The van der Waals surface area contributed by atoms with Gasteiger partial charge in [-0.1, -0.05) is 56.9 Å². The third kappa shape index (κ3) is 5.57. The Bertz CT molecular complexity index is 1510. The third-order valence-corrected chi connectivity index (χ3v) is 7.45. The molecule has 0 saturated heterocycles. The van der Waals surface area contributed by atoms with Crippen LogP contribution in [0.25, 0.3) is 28.0 Å². The first-order chi connectivity index (χ1) is 18.5. The molecular weight excluding hydrogens is 659 g/mol. The predicted molar refractivity (Wildman–Crippen MR) is 151 cm³/mol. The fourth-order valence-electron chi connectivity index (χ4n) is 5.35. The summed E-state index contributed by atoms with van der Waals surface area (Å²) in [6.45, 7) is 6.66. The van der Waals surface area contributed by atoms with Gasteiger partial charge in [-0.05, 0) is 49.2 Å². The molecule has 1 saturated carbocycles. The van der Waals surface area contributed by atoms with Gasteiger partial charge in [0.2, 0.25) is 6.33 Å². The summed E-state index contributed by atoms with van der Waals surface area (Å²) in [5.74, 6) is 1.79. The predicted octanol–water partition coefficient (Wildman–Crippen LogP) is 7.97. The Morgan fingerprint density at radius 3 is 2.46 bits per heavy atom. The largest absolute Gasteiger partial charge is 3.00 e. The molecule has 7 rings (SSSR count). The Kier molecular flexibility index (Phi) is 8.02. The van der Waals surface area contributed by atoms with E-state index in [2.05, 4.69) is 83.7 Å². The van der Waals surface area contributed by atoms with Gasteiger partial charge in [-0.25, -0.2) is 0 Å². The van der Waals surface area contributed by atoms with Crippen LogP contribution in [0.1, 0.15) is 64.5 Å². The van der Waals surface area contributed by atoms with Crippen LogP contribution in [0.3, 0.4) is 0 Å². The van der Waals surface area contributed by atoms with E-state index in [0.29, 0.717) is 6.04 Å². The number of hydrogen-bond donors (Lipinski definition) is 0. The zero-order chi connectivity index (χ0) is 26.1. The maximum atomic E-state index is 6.30. The van der Waals surface area contributed by atoms with Crippen molar-refractivity contribution >= 4 is 11.0 Å². The molecule has 198 valence electrons. The van der Waals surface area contributed by atoms with Gasteiger partial charge >= 0.3 is 20.1 Å². The maximum Gasteiger partial charge on any atom is 3.00 e. The molecule has 3 heterocycles. The zero-order valence-corrected chi connectivity index (χ0v) is 25.1. The summed E-state index contributed by atoms with van der Waals surface area (Å²) < 4.78 is 10.8. The van der Waals surface area contributed by atoms with Crippen LogP contribution in [0, 0.1) is 18.5 Å². The Morgan fingerprint density at radius 2 is 1.74 bits per heavy atom. The fourth-order valence-corrected chi connectivity index (χ4v) is 5.35. The molecule has 0 spiro atoms. The summed E-state index contributed by atoms with van der Waals surface area (Å²) >= 11 is 0. The second kappa shape index (κ2) is 11.5. The normalized spacial score (nSPS) is 14.4. The van der Waals surface area contributed by atoms with E-state index >= 15 is 0 Å². The van der Waals surface area contributed by atoms with Crippen molar-refractivity contribution in [3.05, 3.63) is 103 Å². The zero-order valence-electron chi connectivity index (χ0n) is 22.7. The van der Waals surface area contributed by atoms with Crippen molar-refractivity contribution < 1.29 is 29.4 Å². The second-order valence-corrected chi connectivity index (χ2v) is 11.2. The van der Waals surface area contributed by atoms with Crippen LogP contribution in [0.15, 0.2) is 79.0 Å². The molecule has 1 aliphatic carbocycles. The van der Waals surface area contributed by atoms with Crippen molar-refractivity contribution in [3.63, 3.8) is 0 Å². The van der Waals surface area contributed by atoms with Crippen molar-refractivity contribution in [2.75, 3.05) is 0 Å². The van der Waals surface area contributed by atoms with Crippen molar-refractivity contribution in [1.82, 2.24) is 9.55 Å². The summed E-state index contributed by atoms with van der Waals surface area (Å²) in [6, 6.07) is 31.4. The monoisotopic (exact) mass is 692 g/mol. The van der Waals surface area contributed by atoms with Crippen LogP contribution in [0.4, 0.5) is 0 Å². The van der Waals surface area contributed by atoms with Gasteiger partial charge in [-0.15, -0.1) is 47.5 Å². The van der Waals surface area contributed by atoms with Crippen LogP contribution in [-0.4, -0.2) is 9.55 Å². The van der Waals surface area contributed by atoms with E-state index in [4.69, 9.17) is 4.74 Å². The number of imidazole rings is 1. The average Bonchev–Trinajstić information content (AvgIpc) is 3.35. The summed E-state index contributed by atoms with van der Waals surface area (Å²) in [5, 5.41) is 0. The molecule has 39 heavy (non-hydrogen) atoms. The molecule has 2 aliphatic rings. The number of benzene rings is 3. The average molecular weight is 692 g/mol. The number of ether oxygens (including phenoxy) is 1. The van der Waals surface area contributed by atoms with E-state index in [-0.39, 0.29) is 25.5 Å². The molecule has 3 aromatic carbocycles. The summed E-state index contributed by atoms with van der Waals surface area (Å²) in [6.07, 6.45) is 11.9. The fraction of sp³-hybridized carbons (Fsp3) is 0.294. The molecule has 1 fully saturated rings.